The summed E-state index contributed by atoms with van der Waals surface area (Å²) in [6.07, 6.45) is 5.33. The topological polar surface area (TPSA) is 76.8 Å². The number of nitro groups is 1. The van der Waals surface area contributed by atoms with Gasteiger partial charge in [0.05, 0.1) is 4.92 Å². The molecule has 1 fully saturated rings. The molecule has 1 aliphatic heterocycles. The van der Waals surface area contributed by atoms with Crippen LogP contribution in [0, 0.1) is 10.1 Å². The van der Waals surface area contributed by atoms with Crippen molar-refractivity contribution in [3.8, 4) is 0 Å². The van der Waals surface area contributed by atoms with Crippen LogP contribution in [0.3, 0.4) is 0 Å². The van der Waals surface area contributed by atoms with Crippen LogP contribution in [-0.4, -0.2) is 16.5 Å². The van der Waals surface area contributed by atoms with Gasteiger partial charge < -0.3 is 0 Å². The summed E-state index contributed by atoms with van der Waals surface area (Å²) in [7, 11) is 0. The molecule has 1 saturated carbocycles. The van der Waals surface area contributed by atoms with Gasteiger partial charge in [0.25, 0.3) is 5.69 Å². The molecular weight excluding hydrogens is 246 g/mol. The maximum atomic E-state index is 10.6. The minimum absolute atomic E-state index is 0.0793. The summed E-state index contributed by atoms with van der Waals surface area (Å²) in [6, 6.07) is 6.33. The van der Waals surface area contributed by atoms with Crippen molar-refractivity contribution in [1.29, 1.82) is 0 Å². The normalized spacial score (nSPS) is 20.9. The van der Waals surface area contributed by atoms with Crippen molar-refractivity contribution in [3.05, 3.63) is 39.9 Å². The molecule has 6 heteroatoms. The Hall–Kier alpha value is -1.95. The van der Waals surface area contributed by atoms with E-state index < -0.39 is 10.6 Å². The van der Waals surface area contributed by atoms with Crippen LogP contribution < -0.4 is 5.48 Å². The first-order valence-electron chi connectivity index (χ1n) is 6.47. The third-order valence-electron chi connectivity index (χ3n) is 3.64. The summed E-state index contributed by atoms with van der Waals surface area (Å²) in [6.45, 7) is 0. The smallest absolute Gasteiger partial charge is 0.258 e. The van der Waals surface area contributed by atoms with E-state index in [0.29, 0.717) is 5.84 Å². The quantitative estimate of drug-likeness (QED) is 0.655. The molecule has 6 nitrogen and oxygen atoms in total. The number of nitrogens with zero attached hydrogens (tertiary/aromatic N) is 2. The van der Waals surface area contributed by atoms with Crippen LogP contribution in [0.2, 0.25) is 0 Å². The van der Waals surface area contributed by atoms with E-state index in [1.165, 1.54) is 18.6 Å². The van der Waals surface area contributed by atoms with E-state index in [-0.39, 0.29) is 5.69 Å². The molecule has 100 valence electrons. The lowest BCUT2D eigenvalue weighted by Gasteiger charge is -2.27. The summed E-state index contributed by atoms with van der Waals surface area (Å²) in [5.74, 6) is 0.664. The molecule has 1 aromatic rings. The molecule has 0 aromatic heterocycles. The summed E-state index contributed by atoms with van der Waals surface area (Å²) >= 11 is 0. The van der Waals surface area contributed by atoms with E-state index in [2.05, 4.69) is 10.5 Å². The Kier molecular flexibility index (Phi) is 2.94. The predicted molar refractivity (Wildman–Crippen MR) is 69.7 cm³/mol. The fraction of sp³-hybridized carbons (Fsp3) is 0.462. The van der Waals surface area contributed by atoms with Crippen molar-refractivity contribution in [2.45, 2.75) is 37.8 Å². The molecule has 19 heavy (non-hydrogen) atoms. The van der Waals surface area contributed by atoms with Gasteiger partial charge in [0, 0.05) is 17.7 Å². The molecule has 0 unspecified atom stereocenters. The SMILES string of the molecule is O=[N+]([O-])c1ccc(C2=NC3(CCCCC3)ON2)cc1. The zero-order valence-corrected chi connectivity index (χ0v) is 10.5. The fourth-order valence-corrected chi connectivity index (χ4v) is 2.58. The van der Waals surface area contributed by atoms with Crippen LogP contribution in [0.5, 0.6) is 0 Å². The Morgan fingerprint density at radius 2 is 1.89 bits per heavy atom. The maximum Gasteiger partial charge on any atom is 0.269 e. The maximum absolute atomic E-state index is 10.6. The average molecular weight is 261 g/mol. The Morgan fingerprint density at radius 1 is 1.21 bits per heavy atom. The molecule has 1 spiro atoms. The second kappa shape index (κ2) is 4.62. The minimum atomic E-state index is -0.421. The lowest BCUT2D eigenvalue weighted by atomic mass is 9.92. The van der Waals surface area contributed by atoms with Crippen molar-refractivity contribution in [1.82, 2.24) is 5.48 Å². The van der Waals surface area contributed by atoms with Crippen LogP contribution in [0.4, 0.5) is 5.69 Å². The lowest BCUT2D eigenvalue weighted by Crippen LogP contribution is -2.32. The summed E-state index contributed by atoms with van der Waals surface area (Å²) in [4.78, 5) is 20.5. The summed E-state index contributed by atoms with van der Waals surface area (Å²) in [5.41, 5.74) is 3.33. The molecule has 0 amide bonds. The monoisotopic (exact) mass is 261 g/mol. The van der Waals surface area contributed by atoms with Gasteiger partial charge in [0.2, 0.25) is 0 Å². The van der Waals surface area contributed by atoms with E-state index in [0.717, 1.165) is 31.2 Å². The van der Waals surface area contributed by atoms with Gasteiger partial charge in [0.15, 0.2) is 11.6 Å². The van der Waals surface area contributed by atoms with Gasteiger partial charge in [-0.1, -0.05) is 6.42 Å². The van der Waals surface area contributed by atoms with E-state index in [4.69, 9.17) is 4.84 Å². The van der Waals surface area contributed by atoms with Crippen molar-refractivity contribution in [2.75, 3.05) is 0 Å². The molecule has 2 aliphatic rings. The first-order valence-corrected chi connectivity index (χ1v) is 6.47. The second-order valence-corrected chi connectivity index (χ2v) is 4.98. The van der Waals surface area contributed by atoms with Crippen LogP contribution in [0.15, 0.2) is 29.3 Å². The molecule has 0 atom stereocenters. The number of hydroxylamine groups is 1. The molecule has 1 aromatic carbocycles. The summed E-state index contributed by atoms with van der Waals surface area (Å²) < 4.78 is 0. The van der Waals surface area contributed by atoms with Crippen molar-refractivity contribution in [2.24, 2.45) is 4.99 Å². The lowest BCUT2D eigenvalue weighted by molar-refractivity contribution is -0.384. The molecule has 1 aliphatic carbocycles. The van der Waals surface area contributed by atoms with Gasteiger partial charge in [-0.3, -0.25) is 10.1 Å². The minimum Gasteiger partial charge on any atom is -0.258 e. The summed E-state index contributed by atoms with van der Waals surface area (Å²) in [5, 5.41) is 10.6. The third-order valence-corrected chi connectivity index (χ3v) is 3.64. The molecular formula is C13H15N3O3. The van der Waals surface area contributed by atoms with Gasteiger partial charge in [-0.15, -0.1) is 0 Å². The molecule has 0 saturated heterocycles. The molecule has 3 rings (SSSR count). The highest BCUT2D eigenvalue weighted by Gasteiger charge is 2.38. The van der Waals surface area contributed by atoms with E-state index in [1.54, 1.807) is 12.1 Å². The van der Waals surface area contributed by atoms with Gasteiger partial charge in [-0.25, -0.2) is 15.3 Å². The number of amidine groups is 1. The highest BCUT2D eigenvalue weighted by molar-refractivity contribution is 5.99. The number of hydrogen-bond acceptors (Lipinski definition) is 5. The van der Waals surface area contributed by atoms with Crippen LogP contribution in [0.25, 0.3) is 0 Å². The van der Waals surface area contributed by atoms with Crippen LogP contribution in [-0.2, 0) is 4.84 Å². The largest absolute Gasteiger partial charge is 0.269 e. The number of benzene rings is 1. The number of hydrogen-bond donors (Lipinski definition) is 1. The highest BCUT2D eigenvalue weighted by atomic mass is 16.7. The fourth-order valence-electron chi connectivity index (χ4n) is 2.58. The van der Waals surface area contributed by atoms with Crippen LogP contribution >= 0.6 is 0 Å². The van der Waals surface area contributed by atoms with Gasteiger partial charge in [-0.05, 0) is 37.8 Å². The van der Waals surface area contributed by atoms with Gasteiger partial charge in [0.1, 0.15) is 0 Å². The Labute approximate surface area is 110 Å². The number of rotatable bonds is 2. The van der Waals surface area contributed by atoms with Crippen LogP contribution in [0.1, 0.15) is 37.7 Å². The zero-order valence-electron chi connectivity index (χ0n) is 10.5. The van der Waals surface area contributed by atoms with Crippen molar-refractivity contribution < 1.29 is 9.76 Å². The number of non-ortho nitro benzene ring substituents is 1. The number of nitrogens with one attached hydrogen (secondary N) is 1. The molecule has 0 radical (unpaired) electrons. The van der Waals surface area contributed by atoms with E-state index in [1.807, 2.05) is 0 Å². The van der Waals surface area contributed by atoms with Gasteiger partial charge in [-0.2, -0.15) is 0 Å². The Morgan fingerprint density at radius 3 is 2.53 bits per heavy atom. The molecule has 1 heterocycles. The van der Waals surface area contributed by atoms with E-state index in [9.17, 15) is 10.1 Å². The first kappa shape index (κ1) is 12.1. The second-order valence-electron chi connectivity index (χ2n) is 4.98. The third kappa shape index (κ3) is 2.31. The van der Waals surface area contributed by atoms with Crippen molar-refractivity contribution in [3.63, 3.8) is 0 Å². The Bertz CT molecular complexity index is 518. The van der Waals surface area contributed by atoms with Crippen molar-refractivity contribution >= 4 is 11.5 Å². The van der Waals surface area contributed by atoms with Gasteiger partial charge >= 0.3 is 0 Å². The highest BCUT2D eigenvalue weighted by Crippen LogP contribution is 2.35. The number of nitro benzene ring substituents is 1. The molecule has 0 bridgehead atoms. The van der Waals surface area contributed by atoms with E-state index >= 15 is 0 Å². The molecule has 1 N–H and O–H groups in total. The standard InChI is InChI=1S/C13H15N3O3/c17-16(18)11-6-4-10(5-7-11)12-14-13(19-15-12)8-2-1-3-9-13/h4-7H,1-3,8-9H2,(H,14,15). The Balaban J connectivity index is 1.82. The zero-order chi connectivity index (χ0) is 13.3. The number of aliphatic imine (C=N–C) groups is 1. The first-order chi connectivity index (χ1) is 9.19. The average Bonchev–Trinajstić information content (AvgIpc) is 2.83. The predicted octanol–water partition coefficient (Wildman–Crippen LogP) is 2.54.